The maximum Gasteiger partial charge on any atom is 0.240 e. The molecule has 2 rings (SSSR count). The molecular weight excluding hydrogens is 207 g/mol. The Labute approximate surface area is 93.8 Å². The van der Waals surface area contributed by atoms with Crippen molar-refractivity contribution in [2.45, 2.75) is 31.3 Å². The van der Waals surface area contributed by atoms with Crippen LogP contribution in [0.2, 0.25) is 0 Å². The lowest BCUT2D eigenvalue weighted by Gasteiger charge is -2.17. The number of hydrogen-bond donors (Lipinski definition) is 2. The quantitative estimate of drug-likeness (QED) is 0.814. The molecule has 1 unspecified atom stereocenters. The van der Waals surface area contributed by atoms with Gasteiger partial charge in [0.15, 0.2) is 0 Å². The predicted octanol–water partition coefficient (Wildman–Crippen LogP) is 1.49. The highest BCUT2D eigenvalue weighted by molar-refractivity contribution is 5.89. The van der Waals surface area contributed by atoms with E-state index in [1.165, 1.54) is 6.07 Å². The van der Waals surface area contributed by atoms with Crippen LogP contribution in [0.4, 0.5) is 4.39 Å². The zero-order valence-electron chi connectivity index (χ0n) is 9.16. The van der Waals surface area contributed by atoms with Gasteiger partial charge in [-0.05, 0) is 25.8 Å². The number of benzene rings is 1. The lowest BCUT2D eigenvalue weighted by Crippen LogP contribution is -2.43. The van der Waals surface area contributed by atoms with Crippen LogP contribution in [-0.4, -0.2) is 11.4 Å². The van der Waals surface area contributed by atoms with Crippen molar-refractivity contribution < 1.29 is 9.18 Å². The van der Waals surface area contributed by atoms with E-state index in [2.05, 4.69) is 5.32 Å². The van der Waals surface area contributed by atoms with Crippen LogP contribution in [0.25, 0.3) is 0 Å². The first-order chi connectivity index (χ1) is 7.53. The first-order valence-corrected chi connectivity index (χ1v) is 5.37. The van der Waals surface area contributed by atoms with Gasteiger partial charge in [0.2, 0.25) is 5.91 Å². The molecular formula is C12H15FN2O. The third kappa shape index (κ3) is 2.07. The van der Waals surface area contributed by atoms with Crippen molar-refractivity contribution in [1.82, 2.24) is 5.32 Å². The summed E-state index contributed by atoms with van der Waals surface area (Å²) in [4.78, 5) is 11.7. The molecule has 0 aromatic heterocycles. The van der Waals surface area contributed by atoms with Crippen LogP contribution in [0.15, 0.2) is 24.3 Å². The Balaban J connectivity index is 2.06. The fourth-order valence-corrected chi connectivity index (χ4v) is 1.61. The average molecular weight is 222 g/mol. The summed E-state index contributed by atoms with van der Waals surface area (Å²) in [5.41, 5.74) is 5.53. The third-order valence-corrected chi connectivity index (χ3v) is 2.96. The van der Waals surface area contributed by atoms with E-state index < -0.39 is 5.54 Å². The van der Waals surface area contributed by atoms with E-state index in [0.717, 1.165) is 0 Å². The lowest BCUT2D eigenvalue weighted by atomic mass is 10.1. The molecule has 1 atom stereocenters. The third-order valence-electron chi connectivity index (χ3n) is 2.96. The summed E-state index contributed by atoms with van der Waals surface area (Å²) >= 11 is 0. The second-order valence-corrected chi connectivity index (χ2v) is 4.37. The number of nitrogens with one attached hydrogen (secondary N) is 1. The van der Waals surface area contributed by atoms with Crippen molar-refractivity contribution in [1.29, 1.82) is 0 Å². The Kier molecular flexibility index (Phi) is 2.68. The van der Waals surface area contributed by atoms with Gasteiger partial charge in [0.05, 0.1) is 11.6 Å². The Morgan fingerprint density at radius 3 is 2.69 bits per heavy atom. The molecule has 16 heavy (non-hydrogen) atoms. The molecule has 86 valence electrons. The van der Waals surface area contributed by atoms with Crippen molar-refractivity contribution in [3.05, 3.63) is 35.6 Å². The predicted molar refractivity (Wildman–Crippen MR) is 59.1 cm³/mol. The topological polar surface area (TPSA) is 55.1 Å². The summed E-state index contributed by atoms with van der Waals surface area (Å²) in [6.07, 6.45) is 1.42. The molecule has 0 radical (unpaired) electrons. The number of amides is 1. The van der Waals surface area contributed by atoms with Crippen LogP contribution < -0.4 is 11.1 Å². The molecule has 1 saturated carbocycles. The molecule has 1 fully saturated rings. The van der Waals surface area contributed by atoms with Crippen LogP contribution in [0.1, 0.15) is 31.4 Å². The second kappa shape index (κ2) is 3.87. The van der Waals surface area contributed by atoms with Gasteiger partial charge < -0.3 is 11.1 Å². The summed E-state index contributed by atoms with van der Waals surface area (Å²) < 4.78 is 13.4. The summed E-state index contributed by atoms with van der Waals surface area (Å²) in [6, 6.07) is 6.06. The second-order valence-electron chi connectivity index (χ2n) is 4.37. The van der Waals surface area contributed by atoms with E-state index in [4.69, 9.17) is 5.73 Å². The number of halogens is 1. The van der Waals surface area contributed by atoms with Crippen molar-refractivity contribution in [3.63, 3.8) is 0 Å². The van der Waals surface area contributed by atoms with Gasteiger partial charge in [-0.3, -0.25) is 4.79 Å². The maximum atomic E-state index is 13.4. The van der Waals surface area contributed by atoms with Crippen LogP contribution in [-0.2, 0) is 4.79 Å². The van der Waals surface area contributed by atoms with Gasteiger partial charge in [-0.15, -0.1) is 0 Å². The number of carbonyl (C=O) groups is 1. The Bertz CT molecular complexity index is 415. The summed E-state index contributed by atoms with van der Waals surface area (Å²) in [5.74, 6) is -0.500. The average Bonchev–Trinajstić information content (AvgIpc) is 2.98. The van der Waals surface area contributed by atoms with Crippen LogP contribution in [0.5, 0.6) is 0 Å². The van der Waals surface area contributed by atoms with Gasteiger partial charge in [-0.2, -0.15) is 0 Å². The van der Waals surface area contributed by atoms with E-state index in [0.29, 0.717) is 18.4 Å². The number of nitrogens with two attached hydrogens (primary N) is 1. The van der Waals surface area contributed by atoms with Crippen LogP contribution >= 0.6 is 0 Å². The van der Waals surface area contributed by atoms with Gasteiger partial charge in [-0.25, -0.2) is 4.39 Å². The molecule has 1 aliphatic rings. The Morgan fingerprint density at radius 1 is 1.50 bits per heavy atom. The minimum atomic E-state index is -0.709. The van der Waals surface area contributed by atoms with Crippen LogP contribution in [0, 0.1) is 5.82 Å². The van der Waals surface area contributed by atoms with Gasteiger partial charge in [0, 0.05) is 5.56 Å². The standard InChI is InChI=1S/C12H15FN2O/c1-8(9-4-2-3-5-10(9)13)15-11(16)12(14)6-7-12/h2-5,8H,6-7,14H2,1H3,(H,15,16). The highest BCUT2D eigenvalue weighted by Gasteiger charge is 2.46. The Morgan fingerprint density at radius 2 is 2.12 bits per heavy atom. The molecule has 3 nitrogen and oxygen atoms in total. The van der Waals surface area contributed by atoms with Crippen molar-refractivity contribution in [2.24, 2.45) is 5.73 Å². The molecule has 0 saturated heterocycles. The monoisotopic (exact) mass is 222 g/mol. The van der Waals surface area contributed by atoms with Gasteiger partial charge >= 0.3 is 0 Å². The smallest absolute Gasteiger partial charge is 0.240 e. The molecule has 0 aliphatic heterocycles. The summed E-state index contributed by atoms with van der Waals surface area (Å²) in [7, 11) is 0. The summed E-state index contributed by atoms with van der Waals surface area (Å²) in [6.45, 7) is 1.75. The molecule has 1 amide bonds. The highest BCUT2D eigenvalue weighted by atomic mass is 19.1. The van der Waals surface area contributed by atoms with E-state index in [9.17, 15) is 9.18 Å². The molecule has 4 heteroatoms. The van der Waals surface area contributed by atoms with Gasteiger partial charge in [0.25, 0.3) is 0 Å². The molecule has 0 heterocycles. The van der Waals surface area contributed by atoms with Crippen LogP contribution in [0.3, 0.4) is 0 Å². The summed E-state index contributed by atoms with van der Waals surface area (Å²) in [5, 5.41) is 2.74. The number of rotatable bonds is 3. The normalized spacial score (nSPS) is 18.9. The fraction of sp³-hybridized carbons (Fsp3) is 0.417. The van der Waals surface area contributed by atoms with E-state index >= 15 is 0 Å². The molecule has 1 aromatic rings. The number of carbonyl (C=O) groups excluding carboxylic acids is 1. The van der Waals surface area contributed by atoms with Crippen molar-refractivity contribution in [3.8, 4) is 0 Å². The van der Waals surface area contributed by atoms with Crippen molar-refractivity contribution >= 4 is 5.91 Å². The molecule has 1 aliphatic carbocycles. The molecule has 0 bridgehead atoms. The largest absolute Gasteiger partial charge is 0.348 e. The SMILES string of the molecule is CC(NC(=O)C1(N)CC1)c1ccccc1F. The van der Waals surface area contributed by atoms with Crippen molar-refractivity contribution in [2.75, 3.05) is 0 Å². The first kappa shape index (κ1) is 11.1. The van der Waals surface area contributed by atoms with Gasteiger partial charge in [-0.1, -0.05) is 18.2 Å². The van der Waals surface area contributed by atoms with Gasteiger partial charge in [0.1, 0.15) is 5.82 Å². The molecule has 3 N–H and O–H groups in total. The molecule has 0 spiro atoms. The first-order valence-electron chi connectivity index (χ1n) is 5.37. The minimum Gasteiger partial charge on any atom is -0.348 e. The maximum absolute atomic E-state index is 13.4. The number of hydrogen-bond acceptors (Lipinski definition) is 2. The minimum absolute atomic E-state index is 0.191. The fourth-order valence-electron chi connectivity index (χ4n) is 1.61. The highest BCUT2D eigenvalue weighted by Crippen LogP contribution is 2.33. The Hall–Kier alpha value is -1.42. The van der Waals surface area contributed by atoms with E-state index in [-0.39, 0.29) is 17.8 Å². The molecule has 1 aromatic carbocycles. The zero-order valence-corrected chi connectivity index (χ0v) is 9.16. The van der Waals surface area contributed by atoms with E-state index in [1.54, 1.807) is 25.1 Å². The lowest BCUT2D eigenvalue weighted by molar-refractivity contribution is -0.123. The van der Waals surface area contributed by atoms with E-state index in [1.807, 2.05) is 0 Å². The zero-order chi connectivity index (χ0) is 11.8.